The van der Waals surface area contributed by atoms with Gasteiger partial charge in [-0.2, -0.15) is 10.1 Å². The number of carbonyl (C=O) groups excluding carboxylic acids is 2. The zero-order chi connectivity index (χ0) is 21.2. The van der Waals surface area contributed by atoms with Crippen LogP contribution in [0.5, 0.6) is 0 Å². The van der Waals surface area contributed by atoms with E-state index in [0.29, 0.717) is 39.0 Å². The molecule has 2 aromatic heterocycles. The van der Waals surface area contributed by atoms with Gasteiger partial charge in [-0.3, -0.25) is 14.9 Å². The predicted molar refractivity (Wildman–Crippen MR) is 114 cm³/mol. The molecule has 10 heteroatoms. The summed E-state index contributed by atoms with van der Waals surface area (Å²) in [5.74, 6) is -0.684. The molecule has 0 saturated carbocycles. The monoisotopic (exact) mass is 435 g/mol. The first-order valence-corrected chi connectivity index (χ1v) is 10.3. The molecule has 0 spiro atoms. The summed E-state index contributed by atoms with van der Waals surface area (Å²) in [6.45, 7) is 6.20. The van der Waals surface area contributed by atoms with E-state index in [4.69, 9.17) is 16.7 Å². The second-order valence-corrected chi connectivity index (χ2v) is 8.84. The second-order valence-electron chi connectivity index (χ2n) is 7.40. The van der Waals surface area contributed by atoms with Crippen LogP contribution in [0.2, 0.25) is 5.02 Å². The summed E-state index contributed by atoms with van der Waals surface area (Å²) in [5.41, 5.74) is 0.769. The molecule has 154 valence electrons. The molecule has 29 heavy (non-hydrogen) atoms. The number of rotatable bonds is 6. The highest BCUT2D eigenvalue weighted by Gasteiger charge is 2.27. The van der Waals surface area contributed by atoms with Gasteiger partial charge >= 0.3 is 0 Å². The van der Waals surface area contributed by atoms with E-state index in [0.717, 1.165) is 0 Å². The minimum atomic E-state index is -0.413. The van der Waals surface area contributed by atoms with Gasteiger partial charge < -0.3 is 10.4 Å². The van der Waals surface area contributed by atoms with E-state index in [-0.39, 0.29) is 24.1 Å². The predicted octanol–water partition coefficient (Wildman–Crippen LogP) is 3.27. The molecule has 3 aromatic rings. The molecule has 0 aliphatic heterocycles. The van der Waals surface area contributed by atoms with Gasteiger partial charge in [-0.05, 0) is 45.4 Å². The number of amides is 2. The number of carbonyl (C=O) groups is 2. The van der Waals surface area contributed by atoms with Crippen molar-refractivity contribution in [1.82, 2.24) is 20.1 Å². The first-order chi connectivity index (χ1) is 13.7. The average Bonchev–Trinajstić information content (AvgIpc) is 3.19. The molecule has 2 heterocycles. The normalized spacial score (nSPS) is 11.6. The van der Waals surface area contributed by atoms with E-state index in [1.54, 1.807) is 28.9 Å². The molecule has 3 N–H and O–H groups in total. The Kier molecular flexibility index (Phi) is 6.21. The maximum Gasteiger partial charge on any atom is 0.273 e. The SMILES string of the molecule is CC(C)(C)n1nc(C(=O)NCCCO)c2sc(NC(=O)c3cccc(Cl)c3)nc21. The molecule has 0 aliphatic carbocycles. The fourth-order valence-electron chi connectivity index (χ4n) is 2.64. The van der Waals surface area contributed by atoms with Crippen molar-refractivity contribution in [3.05, 3.63) is 40.5 Å². The maximum absolute atomic E-state index is 12.6. The fourth-order valence-corrected chi connectivity index (χ4v) is 3.75. The largest absolute Gasteiger partial charge is 0.396 e. The van der Waals surface area contributed by atoms with Crippen LogP contribution in [-0.2, 0) is 5.54 Å². The number of hydrogen-bond acceptors (Lipinski definition) is 6. The van der Waals surface area contributed by atoms with E-state index >= 15 is 0 Å². The Hall–Kier alpha value is -2.49. The molecule has 0 atom stereocenters. The molecule has 8 nitrogen and oxygen atoms in total. The number of benzene rings is 1. The second kappa shape index (κ2) is 8.48. The van der Waals surface area contributed by atoms with E-state index in [2.05, 4.69) is 20.7 Å². The van der Waals surface area contributed by atoms with Crippen LogP contribution in [0.3, 0.4) is 0 Å². The first-order valence-electron chi connectivity index (χ1n) is 9.06. The Balaban J connectivity index is 1.94. The first kappa shape index (κ1) is 21.2. The Morgan fingerprint density at radius 3 is 2.69 bits per heavy atom. The Labute approximate surface area is 176 Å². The quantitative estimate of drug-likeness (QED) is 0.515. The molecule has 2 amide bonds. The smallest absolute Gasteiger partial charge is 0.273 e. The van der Waals surface area contributed by atoms with Gasteiger partial charge in [0.25, 0.3) is 11.8 Å². The molecule has 0 saturated heterocycles. The number of fused-ring (bicyclic) bond motifs is 1. The minimum absolute atomic E-state index is 0.00758. The van der Waals surface area contributed by atoms with Crippen LogP contribution in [0.25, 0.3) is 10.3 Å². The third-order valence-corrected chi connectivity index (χ3v) is 5.21. The Bertz CT molecular complexity index is 1050. The lowest BCUT2D eigenvalue weighted by atomic mass is 10.1. The highest BCUT2D eigenvalue weighted by atomic mass is 35.5. The summed E-state index contributed by atoms with van der Waals surface area (Å²) in [5, 5.41) is 19.7. The van der Waals surface area contributed by atoms with Crippen molar-refractivity contribution in [3.8, 4) is 0 Å². The van der Waals surface area contributed by atoms with Crippen LogP contribution >= 0.6 is 22.9 Å². The molecule has 0 fully saturated rings. The van der Waals surface area contributed by atoms with Crippen LogP contribution in [-0.4, -0.2) is 44.8 Å². The van der Waals surface area contributed by atoms with Gasteiger partial charge in [-0.1, -0.05) is 29.0 Å². The zero-order valence-corrected chi connectivity index (χ0v) is 17.9. The average molecular weight is 436 g/mol. The van der Waals surface area contributed by atoms with Gasteiger partial charge in [0.05, 0.1) is 5.54 Å². The molecular formula is C19H22ClN5O3S. The highest BCUT2D eigenvalue weighted by molar-refractivity contribution is 7.22. The fraction of sp³-hybridized carbons (Fsp3) is 0.368. The van der Waals surface area contributed by atoms with Gasteiger partial charge in [0.15, 0.2) is 16.5 Å². The molecule has 3 rings (SSSR count). The number of halogens is 1. The lowest BCUT2D eigenvalue weighted by molar-refractivity contribution is 0.0945. The highest BCUT2D eigenvalue weighted by Crippen LogP contribution is 2.32. The minimum Gasteiger partial charge on any atom is -0.396 e. The molecule has 0 aliphatic rings. The van der Waals surface area contributed by atoms with Crippen LogP contribution in [0.4, 0.5) is 5.13 Å². The number of aliphatic hydroxyl groups excluding tert-OH is 1. The van der Waals surface area contributed by atoms with Crippen LogP contribution < -0.4 is 10.6 Å². The van der Waals surface area contributed by atoms with Crippen molar-refractivity contribution in [1.29, 1.82) is 0 Å². The van der Waals surface area contributed by atoms with Gasteiger partial charge in [-0.15, -0.1) is 0 Å². The van der Waals surface area contributed by atoms with Crippen molar-refractivity contribution < 1.29 is 14.7 Å². The number of aromatic nitrogens is 3. The topological polar surface area (TPSA) is 109 Å². The van der Waals surface area contributed by atoms with Gasteiger partial charge in [-0.25, -0.2) is 4.68 Å². The number of nitrogens with zero attached hydrogens (tertiary/aromatic N) is 3. The van der Waals surface area contributed by atoms with Crippen molar-refractivity contribution in [2.45, 2.75) is 32.7 Å². The van der Waals surface area contributed by atoms with Crippen molar-refractivity contribution in [3.63, 3.8) is 0 Å². The lowest BCUT2D eigenvalue weighted by Crippen LogP contribution is -2.27. The summed E-state index contributed by atoms with van der Waals surface area (Å²) in [6.07, 6.45) is 0.457. The van der Waals surface area contributed by atoms with Crippen molar-refractivity contribution >= 4 is 50.2 Å². The summed E-state index contributed by atoms with van der Waals surface area (Å²) in [6, 6.07) is 6.62. The molecular weight excluding hydrogens is 414 g/mol. The summed E-state index contributed by atoms with van der Waals surface area (Å²) < 4.78 is 2.26. The van der Waals surface area contributed by atoms with Crippen LogP contribution in [0, 0.1) is 0 Å². The van der Waals surface area contributed by atoms with Crippen LogP contribution in [0.15, 0.2) is 24.3 Å². The summed E-state index contributed by atoms with van der Waals surface area (Å²) in [4.78, 5) is 29.6. The van der Waals surface area contributed by atoms with Crippen molar-refractivity contribution in [2.24, 2.45) is 0 Å². The number of anilines is 1. The standard InChI is InChI=1S/C19H22ClN5O3S/c1-19(2,3)25-15-14(13(24-25)17(28)21-8-5-9-26)29-18(22-15)23-16(27)11-6-4-7-12(20)10-11/h4,6-7,10,26H,5,8-9H2,1-3H3,(H,21,28)(H,22,23,27). The summed E-state index contributed by atoms with van der Waals surface area (Å²) in [7, 11) is 0. The number of thiazole rings is 1. The lowest BCUT2D eigenvalue weighted by Gasteiger charge is -2.19. The van der Waals surface area contributed by atoms with E-state index in [1.165, 1.54) is 11.3 Å². The molecule has 0 radical (unpaired) electrons. The zero-order valence-electron chi connectivity index (χ0n) is 16.3. The van der Waals surface area contributed by atoms with Gasteiger partial charge in [0.2, 0.25) is 0 Å². The van der Waals surface area contributed by atoms with Gasteiger partial charge in [0.1, 0.15) is 4.70 Å². The Morgan fingerprint density at radius 2 is 2.03 bits per heavy atom. The Morgan fingerprint density at radius 1 is 1.28 bits per heavy atom. The number of aliphatic hydroxyl groups is 1. The van der Waals surface area contributed by atoms with E-state index in [9.17, 15) is 9.59 Å². The van der Waals surface area contributed by atoms with Crippen molar-refractivity contribution in [2.75, 3.05) is 18.5 Å². The van der Waals surface area contributed by atoms with Crippen LogP contribution in [0.1, 0.15) is 48.0 Å². The third-order valence-electron chi connectivity index (χ3n) is 4.00. The third kappa shape index (κ3) is 4.75. The van der Waals surface area contributed by atoms with Gasteiger partial charge in [0, 0.05) is 23.7 Å². The molecule has 1 aromatic carbocycles. The maximum atomic E-state index is 12.6. The number of hydrogen-bond donors (Lipinski definition) is 3. The van der Waals surface area contributed by atoms with E-state index < -0.39 is 5.54 Å². The van der Waals surface area contributed by atoms with E-state index in [1.807, 2.05) is 20.8 Å². The summed E-state index contributed by atoms with van der Waals surface area (Å²) >= 11 is 7.14. The number of nitrogens with one attached hydrogen (secondary N) is 2. The molecule has 0 unspecified atom stereocenters. The molecule has 0 bridgehead atoms.